The quantitative estimate of drug-likeness (QED) is 0.695. The summed E-state index contributed by atoms with van der Waals surface area (Å²) in [5.74, 6) is -0.206. The number of H-pyrrole nitrogens is 1. The van der Waals surface area contributed by atoms with Crippen LogP contribution in [0.2, 0.25) is 5.02 Å². The summed E-state index contributed by atoms with van der Waals surface area (Å²) in [6.45, 7) is 0. The molecule has 1 nitrogen and oxygen atoms in total. The van der Waals surface area contributed by atoms with Gasteiger partial charge in [-0.1, -0.05) is 23.7 Å². The van der Waals surface area contributed by atoms with Gasteiger partial charge in [0, 0.05) is 28.0 Å². The van der Waals surface area contributed by atoms with E-state index in [1.807, 2.05) is 18.2 Å². The number of hydrogen-bond acceptors (Lipinski definition) is 0. The molecule has 0 fully saturated rings. The van der Waals surface area contributed by atoms with Gasteiger partial charge in [0.2, 0.25) is 0 Å². The smallest absolute Gasteiger partial charge is 0.123 e. The van der Waals surface area contributed by atoms with Crippen molar-refractivity contribution in [1.82, 2.24) is 4.98 Å². The van der Waals surface area contributed by atoms with Crippen LogP contribution in [0.3, 0.4) is 0 Å². The van der Waals surface area contributed by atoms with Crippen molar-refractivity contribution in [2.75, 3.05) is 0 Å². The Kier molecular flexibility index (Phi) is 2.80. The minimum atomic E-state index is -0.206. The van der Waals surface area contributed by atoms with Gasteiger partial charge in [-0.15, -0.1) is 0 Å². The molecule has 0 radical (unpaired) electrons. The number of nitrogens with one attached hydrogen (secondary N) is 1. The van der Waals surface area contributed by atoms with Crippen molar-refractivity contribution in [2.24, 2.45) is 0 Å². The van der Waals surface area contributed by atoms with E-state index >= 15 is 0 Å². The molecule has 1 aromatic heterocycles. The van der Waals surface area contributed by atoms with Crippen molar-refractivity contribution in [3.63, 3.8) is 0 Å². The molecule has 0 unspecified atom stereocenters. The Bertz CT molecular complexity index is 685. The molecule has 0 bridgehead atoms. The molecule has 0 saturated carbocycles. The predicted molar refractivity (Wildman–Crippen MR) is 72.5 cm³/mol. The Labute approximate surface area is 109 Å². The van der Waals surface area contributed by atoms with E-state index in [1.165, 1.54) is 12.1 Å². The minimum Gasteiger partial charge on any atom is -0.358 e. The number of rotatable bonds is 2. The number of fused-ring (bicyclic) bond motifs is 1. The Balaban J connectivity index is 1.92. The molecule has 2 aromatic carbocycles. The van der Waals surface area contributed by atoms with Crippen LogP contribution >= 0.6 is 11.6 Å². The Hall–Kier alpha value is -1.80. The van der Waals surface area contributed by atoms with Crippen LogP contribution in [0.5, 0.6) is 0 Å². The third-order valence-electron chi connectivity index (χ3n) is 2.95. The molecule has 0 aliphatic rings. The molecular weight excluding hydrogens is 249 g/mol. The van der Waals surface area contributed by atoms with E-state index in [2.05, 4.69) is 11.1 Å². The lowest BCUT2D eigenvalue weighted by Crippen LogP contribution is -1.87. The van der Waals surface area contributed by atoms with Crippen LogP contribution in [0.25, 0.3) is 10.9 Å². The number of aromatic amines is 1. The first-order valence-corrected chi connectivity index (χ1v) is 6.10. The Morgan fingerprint density at radius 1 is 1.00 bits per heavy atom. The van der Waals surface area contributed by atoms with Crippen LogP contribution in [-0.4, -0.2) is 4.98 Å². The highest BCUT2D eigenvalue weighted by Crippen LogP contribution is 2.21. The first-order valence-electron chi connectivity index (χ1n) is 5.72. The summed E-state index contributed by atoms with van der Waals surface area (Å²) in [6, 6.07) is 14.4. The largest absolute Gasteiger partial charge is 0.358 e. The zero-order valence-corrected chi connectivity index (χ0v) is 10.3. The van der Waals surface area contributed by atoms with Gasteiger partial charge >= 0.3 is 0 Å². The molecule has 18 heavy (non-hydrogen) atoms. The highest BCUT2D eigenvalue weighted by molar-refractivity contribution is 6.31. The highest BCUT2D eigenvalue weighted by Gasteiger charge is 2.03. The van der Waals surface area contributed by atoms with Crippen LogP contribution in [0.1, 0.15) is 11.3 Å². The molecule has 0 aliphatic carbocycles. The number of halogens is 2. The standard InChI is InChI=1S/C15H11ClFN/c16-12-3-6-15-11(8-12)9-14(18-15)7-10-1-4-13(17)5-2-10/h1-6,8-9,18H,7H2. The lowest BCUT2D eigenvalue weighted by Gasteiger charge is -1.98. The molecule has 3 rings (SSSR count). The number of benzene rings is 2. The second-order valence-electron chi connectivity index (χ2n) is 4.33. The van der Waals surface area contributed by atoms with Gasteiger partial charge in [-0.05, 0) is 42.0 Å². The minimum absolute atomic E-state index is 0.206. The third kappa shape index (κ3) is 2.24. The van der Waals surface area contributed by atoms with Crippen molar-refractivity contribution in [3.8, 4) is 0 Å². The van der Waals surface area contributed by atoms with Crippen molar-refractivity contribution in [1.29, 1.82) is 0 Å². The highest BCUT2D eigenvalue weighted by atomic mass is 35.5. The van der Waals surface area contributed by atoms with Gasteiger partial charge in [0.15, 0.2) is 0 Å². The average molecular weight is 260 g/mol. The third-order valence-corrected chi connectivity index (χ3v) is 3.18. The first-order chi connectivity index (χ1) is 8.70. The molecule has 0 amide bonds. The monoisotopic (exact) mass is 259 g/mol. The molecule has 0 spiro atoms. The fourth-order valence-corrected chi connectivity index (χ4v) is 2.26. The van der Waals surface area contributed by atoms with Crippen LogP contribution in [0, 0.1) is 5.82 Å². The van der Waals surface area contributed by atoms with E-state index in [-0.39, 0.29) is 5.82 Å². The summed E-state index contributed by atoms with van der Waals surface area (Å²) in [6.07, 6.45) is 0.757. The fraction of sp³-hybridized carbons (Fsp3) is 0.0667. The van der Waals surface area contributed by atoms with Crippen molar-refractivity contribution in [3.05, 3.63) is 70.6 Å². The normalized spacial score (nSPS) is 11.0. The summed E-state index contributed by atoms with van der Waals surface area (Å²) < 4.78 is 12.8. The van der Waals surface area contributed by atoms with Gasteiger partial charge < -0.3 is 4.98 Å². The summed E-state index contributed by atoms with van der Waals surface area (Å²) in [7, 11) is 0. The van der Waals surface area contributed by atoms with E-state index in [9.17, 15) is 4.39 Å². The lowest BCUT2D eigenvalue weighted by molar-refractivity contribution is 0.627. The summed E-state index contributed by atoms with van der Waals surface area (Å²) >= 11 is 5.95. The first kappa shape index (κ1) is 11.3. The van der Waals surface area contributed by atoms with Gasteiger partial charge in [0.05, 0.1) is 0 Å². The topological polar surface area (TPSA) is 15.8 Å². The molecule has 0 aliphatic heterocycles. The average Bonchev–Trinajstić information content (AvgIpc) is 2.73. The maximum atomic E-state index is 12.8. The number of aromatic nitrogens is 1. The second kappa shape index (κ2) is 4.46. The SMILES string of the molecule is Fc1ccc(Cc2cc3cc(Cl)ccc3[nH]2)cc1. The van der Waals surface area contributed by atoms with Crippen LogP contribution in [0.4, 0.5) is 4.39 Å². The molecule has 3 aromatic rings. The molecule has 3 heteroatoms. The fourth-order valence-electron chi connectivity index (χ4n) is 2.08. The van der Waals surface area contributed by atoms with Gasteiger partial charge in [0.1, 0.15) is 5.82 Å². The molecule has 0 saturated heterocycles. The van der Waals surface area contributed by atoms with Crippen LogP contribution in [-0.2, 0) is 6.42 Å². The van der Waals surface area contributed by atoms with E-state index < -0.39 is 0 Å². The van der Waals surface area contributed by atoms with Gasteiger partial charge in [0.25, 0.3) is 0 Å². The van der Waals surface area contributed by atoms with Crippen LogP contribution < -0.4 is 0 Å². The Morgan fingerprint density at radius 2 is 1.78 bits per heavy atom. The molecule has 90 valence electrons. The van der Waals surface area contributed by atoms with Gasteiger partial charge in [-0.2, -0.15) is 0 Å². The van der Waals surface area contributed by atoms with Crippen molar-refractivity contribution >= 4 is 22.5 Å². The molecular formula is C15H11ClFN. The van der Waals surface area contributed by atoms with Gasteiger partial charge in [-0.3, -0.25) is 0 Å². The van der Waals surface area contributed by atoms with Gasteiger partial charge in [-0.25, -0.2) is 4.39 Å². The van der Waals surface area contributed by atoms with E-state index in [4.69, 9.17) is 11.6 Å². The predicted octanol–water partition coefficient (Wildman–Crippen LogP) is 4.55. The van der Waals surface area contributed by atoms with E-state index in [0.717, 1.165) is 33.6 Å². The lowest BCUT2D eigenvalue weighted by atomic mass is 10.1. The zero-order valence-electron chi connectivity index (χ0n) is 9.58. The van der Waals surface area contributed by atoms with E-state index in [1.54, 1.807) is 12.1 Å². The summed E-state index contributed by atoms with van der Waals surface area (Å²) in [5, 5.41) is 1.83. The number of hydrogen-bond donors (Lipinski definition) is 1. The summed E-state index contributed by atoms with van der Waals surface area (Å²) in [5.41, 5.74) is 3.24. The maximum Gasteiger partial charge on any atom is 0.123 e. The second-order valence-corrected chi connectivity index (χ2v) is 4.77. The molecule has 1 N–H and O–H groups in total. The maximum absolute atomic E-state index is 12.8. The zero-order chi connectivity index (χ0) is 12.5. The van der Waals surface area contributed by atoms with Crippen LogP contribution in [0.15, 0.2) is 48.5 Å². The molecule has 0 atom stereocenters. The van der Waals surface area contributed by atoms with Crippen molar-refractivity contribution < 1.29 is 4.39 Å². The summed E-state index contributed by atoms with van der Waals surface area (Å²) in [4.78, 5) is 3.33. The molecule has 1 heterocycles. The Morgan fingerprint density at radius 3 is 2.56 bits per heavy atom. The van der Waals surface area contributed by atoms with Crippen molar-refractivity contribution in [2.45, 2.75) is 6.42 Å². The van der Waals surface area contributed by atoms with E-state index in [0.29, 0.717) is 0 Å².